The first-order valence-electron chi connectivity index (χ1n) is 9.31. The van der Waals surface area contributed by atoms with Crippen molar-refractivity contribution in [3.8, 4) is 0 Å². The fourth-order valence-electron chi connectivity index (χ4n) is 3.91. The molecule has 146 valence electrons. The highest BCUT2D eigenvalue weighted by Gasteiger charge is 2.37. The van der Waals surface area contributed by atoms with Crippen LogP contribution in [0.3, 0.4) is 0 Å². The van der Waals surface area contributed by atoms with Gasteiger partial charge >= 0.3 is 6.18 Å². The predicted octanol–water partition coefficient (Wildman–Crippen LogP) is 3.65. The molecule has 1 aliphatic carbocycles. The van der Waals surface area contributed by atoms with Gasteiger partial charge in [-0.05, 0) is 44.4 Å². The van der Waals surface area contributed by atoms with Gasteiger partial charge in [-0.15, -0.1) is 0 Å². The van der Waals surface area contributed by atoms with Crippen LogP contribution in [0.15, 0.2) is 0 Å². The van der Waals surface area contributed by atoms with Crippen LogP contribution in [0, 0.1) is 11.8 Å². The van der Waals surface area contributed by atoms with Crippen molar-refractivity contribution in [1.29, 1.82) is 0 Å². The van der Waals surface area contributed by atoms with Gasteiger partial charge in [0.2, 0.25) is 0 Å². The summed E-state index contributed by atoms with van der Waals surface area (Å²) < 4.78 is 48.4. The smallest absolute Gasteiger partial charge is 0.389 e. The Morgan fingerprint density at radius 3 is 2.48 bits per heavy atom. The molecule has 0 aromatic carbocycles. The summed E-state index contributed by atoms with van der Waals surface area (Å²) in [5.41, 5.74) is 0. The third kappa shape index (κ3) is 6.53. The number of hydrogen-bond donors (Lipinski definition) is 1. The average molecular weight is 366 g/mol. The highest BCUT2D eigenvalue weighted by Crippen LogP contribution is 2.34. The summed E-state index contributed by atoms with van der Waals surface area (Å²) in [4.78, 5) is 12.2. The minimum absolute atomic E-state index is 0.00743. The first-order valence-corrected chi connectivity index (χ1v) is 9.31. The molecule has 5 atom stereocenters. The van der Waals surface area contributed by atoms with Crippen LogP contribution in [0.5, 0.6) is 0 Å². The Bertz CT molecular complexity index is 427. The van der Waals surface area contributed by atoms with E-state index >= 15 is 0 Å². The van der Waals surface area contributed by atoms with Crippen molar-refractivity contribution in [2.45, 2.75) is 82.8 Å². The van der Waals surface area contributed by atoms with Crippen LogP contribution >= 0.6 is 0 Å². The first-order chi connectivity index (χ1) is 11.8. The van der Waals surface area contributed by atoms with Gasteiger partial charge in [-0.2, -0.15) is 13.2 Å². The second-order valence-electron chi connectivity index (χ2n) is 7.22. The van der Waals surface area contributed by atoms with Crippen LogP contribution in [0.2, 0.25) is 0 Å². The fourth-order valence-corrected chi connectivity index (χ4v) is 3.91. The summed E-state index contributed by atoms with van der Waals surface area (Å²) in [5.74, 6) is -0.678. The van der Waals surface area contributed by atoms with Crippen molar-refractivity contribution in [1.82, 2.24) is 0 Å². The average Bonchev–Trinajstić information content (AvgIpc) is 2.58. The topological polar surface area (TPSA) is 55.8 Å². The molecule has 0 aromatic heterocycles. The third-order valence-corrected chi connectivity index (χ3v) is 5.47. The quantitative estimate of drug-likeness (QED) is 0.712. The number of ketones is 1. The maximum Gasteiger partial charge on any atom is 0.389 e. The van der Waals surface area contributed by atoms with E-state index in [1.807, 2.05) is 0 Å². The van der Waals surface area contributed by atoms with Crippen LogP contribution < -0.4 is 0 Å². The Labute approximate surface area is 147 Å². The molecule has 0 spiro atoms. The number of carbonyl (C=O) groups is 1. The Kier molecular flexibility index (Phi) is 7.70. The number of Topliss-reactive ketones (excluding diaryl/α,β-unsaturated/α-hetero) is 1. The fraction of sp³-hybridized carbons (Fsp3) is 0.944. The van der Waals surface area contributed by atoms with Crippen LogP contribution in [0.25, 0.3) is 0 Å². The summed E-state index contributed by atoms with van der Waals surface area (Å²) in [6.45, 7) is 2.91. The van der Waals surface area contributed by atoms with E-state index in [2.05, 4.69) is 0 Å². The summed E-state index contributed by atoms with van der Waals surface area (Å²) in [7, 11) is 0. The maximum atomic E-state index is 12.3. The number of hydrogen-bond acceptors (Lipinski definition) is 4. The summed E-state index contributed by atoms with van der Waals surface area (Å²) in [6, 6.07) is 0. The number of carbonyl (C=O) groups excluding carboxylic acids is 1. The number of halogens is 3. The normalized spacial score (nSPS) is 29.7. The number of alkyl halides is 3. The minimum atomic E-state index is -4.23. The van der Waals surface area contributed by atoms with Gasteiger partial charge in [0.15, 0.2) is 0 Å². The molecule has 2 rings (SSSR count). The van der Waals surface area contributed by atoms with Gasteiger partial charge in [0, 0.05) is 18.8 Å². The third-order valence-electron chi connectivity index (χ3n) is 5.47. The zero-order valence-electron chi connectivity index (χ0n) is 14.8. The Balaban J connectivity index is 1.74. The molecular formula is C18H29F3O4. The molecule has 2 aliphatic rings. The molecule has 1 saturated carbocycles. The van der Waals surface area contributed by atoms with E-state index in [0.717, 1.165) is 12.8 Å². The van der Waals surface area contributed by atoms with Crippen molar-refractivity contribution in [2.24, 2.45) is 11.8 Å². The molecule has 2 fully saturated rings. The van der Waals surface area contributed by atoms with Crippen molar-refractivity contribution in [3.05, 3.63) is 0 Å². The molecule has 4 nitrogen and oxygen atoms in total. The van der Waals surface area contributed by atoms with E-state index in [4.69, 9.17) is 9.47 Å². The molecule has 5 unspecified atom stereocenters. The SMILES string of the molecule is CCC(CCC(F)(F)F)C(=O)CCC(O)C1CCC2OCCOC2C1. The zero-order chi connectivity index (χ0) is 18.4. The Morgan fingerprint density at radius 1 is 1.16 bits per heavy atom. The van der Waals surface area contributed by atoms with E-state index in [1.54, 1.807) is 6.92 Å². The van der Waals surface area contributed by atoms with Crippen LogP contribution in [-0.4, -0.2) is 48.6 Å². The van der Waals surface area contributed by atoms with Gasteiger partial charge < -0.3 is 14.6 Å². The number of fused-ring (bicyclic) bond motifs is 1. The number of rotatable bonds is 8. The molecule has 1 saturated heterocycles. The van der Waals surface area contributed by atoms with Crippen molar-refractivity contribution in [2.75, 3.05) is 13.2 Å². The van der Waals surface area contributed by atoms with E-state index in [-0.39, 0.29) is 36.8 Å². The van der Waals surface area contributed by atoms with Gasteiger partial charge in [-0.1, -0.05) is 6.92 Å². The lowest BCUT2D eigenvalue weighted by Crippen LogP contribution is -2.45. The molecule has 0 radical (unpaired) electrons. The Morgan fingerprint density at radius 2 is 1.84 bits per heavy atom. The maximum absolute atomic E-state index is 12.3. The molecule has 1 aliphatic heterocycles. The lowest BCUT2D eigenvalue weighted by atomic mass is 9.79. The monoisotopic (exact) mass is 366 g/mol. The number of aliphatic hydroxyl groups is 1. The van der Waals surface area contributed by atoms with Crippen LogP contribution in [-0.2, 0) is 14.3 Å². The van der Waals surface area contributed by atoms with E-state index in [1.165, 1.54) is 0 Å². The highest BCUT2D eigenvalue weighted by molar-refractivity contribution is 5.80. The summed E-state index contributed by atoms with van der Waals surface area (Å²) >= 11 is 0. The highest BCUT2D eigenvalue weighted by atomic mass is 19.4. The molecule has 25 heavy (non-hydrogen) atoms. The van der Waals surface area contributed by atoms with Gasteiger partial charge in [-0.25, -0.2) is 0 Å². The Hall–Kier alpha value is -0.660. The lowest BCUT2D eigenvalue weighted by Gasteiger charge is -2.40. The molecule has 1 heterocycles. The molecule has 7 heteroatoms. The molecule has 0 bridgehead atoms. The number of aliphatic hydroxyl groups excluding tert-OH is 1. The second-order valence-corrected chi connectivity index (χ2v) is 7.22. The van der Waals surface area contributed by atoms with E-state index in [9.17, 15) is 23.1 Å². The van der Waals surface area contributed by atoms with E-state index < -0.39 is 24.6 Å². The van der Waals surface area contributed by atoms with Gasteiger partial charge in [0.1, 0.15) is 5.78 Å². The van der Waals surface area contributed by atoms with Crippen molar-refractivity contribution >= 4 is 5.78 Å². The van der Waals surface area contributed by atoms with Gasteiger partial charge in [0.25, 0.3) is 0 Å². The van der Waals surface area contributed by atoms with Gasteiger partial charge in [0.05, 0.1) is 31.5 Å². The summed E-state index contributed by atoms with van der Waals surface area (Å²) in [6.07, 6.45) is -2.59. The largest absolute Gasteiger partial charge is 0.393 e. The van der Waals surface area contributed by atoms with Crippen LogP contribution in [0.4, 0.5) is 13.2 Å². The van der Waals surface area contributed by atoms with Crippen molar-refractivity contribution < 1.29 is 32.5 Å². The predicted molar refractivity (Wildman–Crippen MR) is 86.1 cm³/mol. The van der Waals surface area contributed by atoms with Crippen LogP contribution in [0.1, 0.15) is 58.3 Å². The molecule has 1 N–H and O–H groups in total. The molecule has 0 aromatic rings. The molecular weight excluding hydrogens is 337 g/mol. The minimum Gasteiger partial charge on any atom is -0.393 e. The summed E-state index contributed by atoms with van der Waals surface area (Å²) in [5, 5.41) is 10.4. The second kappa shape index (κ2) is 9.33. The van der Waals surface area contributed by atoms with Gasteiger partial charge in [-0.3, -0.25) is 4.79 Å². The lowest BCUT2D eigenvalue weighted by molar-refractivity contribution is -0.168. The molecule has 0 amide bonds. The van der Waals surface area contributed by atoms with Crippen molar-refractivity contribution in [3.63, 3.8) is 0 Å². The standard InChI is InChI=1S/C18H29F3O4/c1-2-12(7-8-18(19,20)21)14(22)4-5-15(23)13-3-6-16-17(11-13)25-10-9-24-16/h12-13,15-17,23H,2-11H2,1H3. The first kappa shape index (κ1) is 20.6. The van der Waals surface area contributed by atoms with E-state index in [0.29, 0.717) is 32.5 Å². The number of ether oxygens (including phenoxy) is 2. The zero-order valence-corrected chi connectivity index (χ0v) is 14.8.